The molecule has 146 valence electrons. The molecule has 0 aliphatic carbocycles. The molecule has 0 unspecified atom stereocenters. The fourth-order valence-corrected chi connectivity index (χ4v) is 4.30. The maximum absolute atomic E-state index is 12.5. The van der Waals surface area contributed by atoms with E-state index in [1.165, 1.54) is 10.3 Å². The SMILES string of the molecule is Cc1ccc(N2CCN(C(=O)CCNCc3cccc4ncsc34)CC2)nc1. The van der Waals surface area contributed by atoms with Gasteiger partial charge in [-0.2, -0.15) is 0 Å². The Balaban J connectivity index is 1.21. The maximum Gasteiger partial charge on any atom is 0.223 e. The lowest BCUT2D eigenvalue weighted by atomic mass is 10.2. The number of benzene rings is 1. The summed E-state index contributed by atoms with van der Waals surface area (Å²) in [4.78, 5) is 25.6. The Morgan fingerprint density at radius 1 is 1.14 bits per heavy atom. The van der Waals surface area contributed by atoms with Crippen molar-refractivity contribution in [3.05, 3.63) is 53.2 Å². The molecule has 1 aliphatic rings. The molecule has 28 heavy (non-hydrogen) atoms. The van der Waals surface area contributed by atoms with Gasteiger partial charge < -0.3 is 15.1 Å². The molecule has 1 N–H and O–H groups in total. The van der Waals surface area contributed by atoms with Gasteiger partial charge in [0.05, 0.1) is 15.7 Å². The molecule has 2 aromatic heterocycles. The Hall–Kier alpha value is -2.51. The lowest BCUT2D eigenvalue weighted by molar-refractivity contribution is -0.131. The van der Waals surface area contributed by atoms with E-state index in [1.807, 2.05) is 35.7 Å². The first-order chi connectivity index (χ1) is 13.7. The van der Waals surface area contributed by atoms with Crippen LogP contribution in [0, 0.1) is 6.92 Å². The summed E-state index contributed by atoms with van der Waals surface area (Å²) < 4.78 is 1.22. The van der Waals surface area contributed by atoms with Crippen LogP contribution in [0.25, 0.3) is 10.2 Å². The topological polar surface area (TPSA) is 61.4 Å². The number of thiazole rings is 1. The molecule has 0 atom stereocenters. The van der Waals surface area contributed by atoms with Gasteiger partial charge in [0.1, 0.15) is 5.82 Å². The second kappa shape index (κ2) is 8.67. The van der Waals surface area contributed by atoms with Crippen molar-refractivity contribution < 1.29 is 4.79 Å². The molecular weight excluding hydrogens is 370 g/mol. The number of pyridine rings is 1. The molecule has 0 bridgehead atoms. The first-order valence-corrected chi connectivity index (χ1v) is 10.6. The Morgan fingerprint density at radius 3 is 2.79 bits per heavy atom. The number of nitrogens with one attached hydrogen (secondary N) is 1. The summed E-state index contributed by atoms with van der Waals surface area (Å²) in [6.45, 7) is 6.68. The standard InChI is InChI=1S/C21H25N5OS/c1-16-5-6-19(23-13-16)25-9-11-26(12-10-25)20(27)7-8-22-14-17-3-2-4-18-21(17)28-15-24-18/h2-6,13,15,22H,7-12,14H2,1H3. The summed E-state index contributed by atoms with van der Waals surface area (Å²) in [6.07, 6.45) is 2.42. The van der Waals surface area contributed by atoms with E-state index in [0.717, 1.165) is 49.6 Å². The van der Waals surface area contributed by atoms with Crippen LogP contribution in [-0.2, 0) is 11.3 Å². The van der Waals surface area contributed by atoms with Crippen LogP contribution in [0.5, 0.6) is 0 Å². The lowest BCUT2D eigenvalue weighted by Crippen LogP contribution is -2.49. The molecule has 1 aromatic carbocycles. The number of carbonyl (C=O) groups is 1. The van der Waals surface area contributed by atoms with E-state index < -0.39 is 0 Å². The third kappa shape index (κ3) is 4.31. The smallest absolute Gasteiger partial charge is 0.223 e. The van der Waals surface area contributed by atoms with Gasteiger partial charge in [0.15, 0.2) is 0 Å². The summed E-state index contributed by atoms with van der Waals surface area (Å²) in [5.41, 5.74) is 5.33. The van der Waals surface area contributed by atoms with Crippen LogP contribution >= 0.6 is 11.3 Å². The largest absolute Gasteiger partial charge is 0.353 e. The van der Waals surface area contributed by atoms with E-state index in [2.05, 4.69) is 38.4 Å². The highest BCUT2D eigenvalue weighted by molar-refractivity contribution is 7.16. The number of amides is 1. The number of anilines is 1. The number of hydrogen-bond acceptors (Lipinski definition) is 6. The predicted molar refractivity (Wildman–Crippen MR) is 114 cm³/mol. The summed E-state index contributed by atoms with van der Waals surface area (Å²) in [6, 6.07) is 10.3. The molecule has 1 fully saturated rings. The van der Waals surface area contributed by atoms with E-state index in [0.29, 0.717) is 13.0 Å². The first kappa shape index (κ1) is 18.8. The number of fused-ring (bicyclic) bond motifs is 1. The molecule has 3 heterocycles. The zero-order valence-electron chi connectivity index (χ0n) is 16.1. The van der Waals surface area contributed by atoms with E-state index in [-0.39, 0.29) is 5.91 Å². The summed E-state index contributed by atoms with van der Waals surface area (Å²) in [7, 11) is 0. The van der Waals surface area contributed by atoms with Crippen molar-refractivity contribution in [1.29, 1.82) is 0 Å². The van der Waals surface area contributed by atoms with Crippen molar-refractivity contribution >= 4 is 33.3 Å². The highest BCUT2D eigenvalue weighted by atomic mass is 32.1. The van der Waals surface area contributed by atoms with Gasteiger partial charge in [-0.3, -0.25) is 4.79 Å². The third-order valence-electron chi connectivity index (χ3n) is 5.12. The highest BCUT2D eigenvalue weighted by Gasteiger charge is 2.21. The van der Waals surface area contributed by atoms with Crippen molar-refractivity contribution in [2.75, 3.05) is 37.6 Å². The summed E-state index contributed by atoms with van der Waals surface area (Å²) in [5, 5.41) is 3.40. The Labute approximate surface area is 169 Å². The van der Waals surface area contributed by atoms with E-state index in [1.54, 1.807) is 11.3 Å². The van der Waals surface area contributed by atoms with E-state index >= 15 is 0 Å². The molecule has 4 rings (SSSR count). The Bertz CT molecular complexity index is 931. The van der Waals surface area contributed by atoms with Gasteiger partial charge >= 0.3 is 0 Å². The number of rotatable bonds is 6. The predicted octanol–water partition coefficient (Wildman–Crippen LogP) is 2.83. The number of piperazine rings is 1. The molecule has 0 spiro atoms. The number of aromatic nitrogens is 2. The van der Waals surface area contributed by atoms with Gasteiger partial charge in [-0.05, 0) is 30.2 Å². The van der Waals surface area contributed by atoms with Crippen molar-refractivity contribution in [2.24, 2.45) is 0 Å². The molecule has 1 saturated heterocycles. The van der Waals surface area contributed by atoms with E-state index in [9.17, 15) is 4.79 Å². The van der Waals surface area contributed by atoms with Crippen molar-refractivity contribution in [2.45, 2.75) is 19.9 Å². The van der Waals surface area contributed by atoms with Crippen LogP contribution in [0.3, 0.4) is 0 Å². The minimum atomic E-state index is 0.222. The average Bonchev–Trinajstić information content (AvgIpc) is 3.21. The second-order valence-electron chi connectivity index (χ2n) is 7.11. The van der Waals surface area contributed by atoms with Gasteiger partial charge in [-0.15, -0.1) is 11.3 Å². The normalized spacial score (nSPS) is 14.6. The lowest BCUT2D eigenvalue weighted by Gasteiger charge is -2.35. The quantitative estimate of drug-likeness (QED) is 0.651. The van der Waals surface area contributed by atoms with Crippen molar-refractivity contribution in [1.82, 2.24) is 20.2 Å². The van der Waals surface area contributed by atoms with Gasteiger partial charge in [0.25, 0.3) is 0 Å². The highest BCUT2D eigenvalue weighted by Crippen LogP contribution is 2.22. The molecular formula is C21H25N5OS. The van der Waals surface area contributed by atoms with Crippen LogP contribution in [-0.4, -0.2) is 53.5 Å². The van der Waals surface area contributed by atoms with Crippen molar-refractivity contribution in [3.8, 4) is 0 Å². The zero-order valence-corrected chi connectivity index (χ0v) is 16.9. The molecule has 0 saturated carbocycles. The fraction of sp³-hybridized carbons (Fsp3) is 0.381. The van der Waals surface area contributed by atoms with Crippen LogP contribution in [0.2, 0.25) is 0 Å². The monoisotopic (exact) mass is 395 g/mol. The van der Waals surface area contributed by atoms with Crippen LogP contribution in [0.15, 0.2) is 42.0 Å². The molecule has 3 aromatic rings. The fourth-order valence-electron chi connectivity index (χ4n) is 3.49. The summed E-state index contributed by atoms with van der Waals surface area (Å²) >= 11 is 1.66. The molecule has 7 heteroatoms. The first-order valence-electron chi connectivity index (χ1n) is 9.68. The number of hydrogen-bond donors (Lipinski definition) is 1. The Kier molecular flexibility index (Phi) is 5.83. The molecule has 6 nitrogen and oxygen atoms in total. The van der Waals surface area contributed by atoms with Crippen LogP contribution < -0.4 is 10.2 Å². The molecule has 1 aliphatic heterocycles. The molecule has 0 radical (unpaired) electrons. The second-order valence-corrected chi connectivity index (χ2v) is 7.96. The zero-order chi connectivity index (χ0) is 19.3. The number of aryl methyl sites for hydroxylation is 1. The van der Waals surface area contributed by atoms with Gasteiger partial charge in [-0.1, -0.05) is 18.2 Å². The number of nitrogens with zero attached hydrogens (tertiary/aromatic N) is 4. The summed E-state index contributed by atoms with van der Waals surface area (Å²) in [5.74, 6) is 1.22. The van der Waals surface area contributed by atoms with Gasteiger partial charge in [0.2, 0.25) is 5.91 Å². The maximum atomic E-state index is 12.5. The van der Waals surface area contributed by atoms with E-state index in [4.69, 9.17) is 0 Å². The molecule has 1 amide bonds. The minimum absolute atomic E-state index is 0.222. The average molecular weight is 396 g/mol. The van der Waals surface area contributed by atoms with Crippen LogP contribution in [0.4, 0.5) is 5.82 Å². The minimum Gasteiger partial charge on any atom is -0.353 e. The third-order valence-corrected chi connectivity index (χ3v) is 6.04. The van der Waals surface area contributed by atoms with Crippen molar-refractivity contribution in [3.63, 3.8) is 0 Å². The Morgan fingerprint density at radius 2 is 2.00 bits per heavy atom. The van der Waals surface area contributed by atoms with Crippen LogP contribution in [0.1, 0.15) is 17.5 Å². The van der Waals surface area contributed by atoms with Gasteiger partial charge in [-0.25, -0.2) is 9.97 Å². The van der Waals surface area contributed by atoms with Gasteiger partial charge in [0, 0.05) is 51.9 Å². The number of carbonyl (C=O) groups excluding carboxylic acids is 1.